The van der Waals surface area contributed by atoms with Gasteiger partial charge in [-0.2, -0.15) is 0 Å². The molecule has 0 bridgehead atoms. The van der Waals surface area contributed by atoms with Gasteiger partial charge in [0.2, 0.25) is 5.91 Å². The summed E-state index contributed by atoms with van der Waals surface area (Å²) in [7, 11) is 3.72. The third-order valence-electron chi connectivity index (χ3n) is 1.91. The number of anilines is 1. The van der Waals surface area contributed by atoms with E-state index in [2.05, 4.69) is 5.32 Å². The largest absolute Gasteiger partial charge is 0.494 e. The van der Waals surface area contributed by atoms with Crippen molar-refractivity contribution >= 4 is 11.6 Å². The van der Waals surface area contributed by atoms with Crippen molar-refractivity contribution in [3.63, 3.8) is 0 Å². The van der Waals surface area contributed by atoms with Crippen LogP contribution in [0, 0.1) is 0 Å². The van der Waals surface area contributed by atoms with Gasteiger partial charge in [0.25, 0.3) is 0 Å². The van der Waals surface area contributed by atoms with Gasteiger partial charge >= 0.3 is 0 Å². The molecule has 0 saturated heterocycles. The summed E-state index contributed by atoms with van der Waals surface area (Å²) < 4.78 is 5.31. The molecule has 0 aliphatic rings. The number of carbonyl (C=O) groups is 1. The van der Waals surface area contributed by atoms with Crippen LogP contribution in [0.4, 0.5) is 5.69 Å². The number of likely N-dealkylation sites (N-methyl/N-ethyl adjacent to an activating group) is 1. The number of hydrogen-bond acceptors (Lipinski definition) is 3. The number of benzene rings is 1. The fourth-order valence-electron chi connectivity index (χ4n) is 1.29. The van der Waals surface area contributed by atoms with Crippen LogP contribution < -0.4 is 10.1 Å². The Hall–Kier alpha value is -1.55. The SMILES string of the molecule is CCOc1ccc(NC(=O)CN(C)C)cc1. The molecule has 0 heterocycles. The number of nitrogens with zero attached hydrogens (tertiary/aromatic N) is 1. The summed E-state index contributed by atoms with van der Waals surface area (Å²) in [6.07, 6.45) is 0. The number of amides is 1. The second-order valence-electron chi connectivity index (χ2n) is 3.74. The fraction of sp³-hybridized carbons (Fsp3) is 0.417. The number of rotatable bonds is 5. The van der Waals surface area contributed by atoms with Crippen molar-refractivity contribution in [2.24, 2.45) is 0 Å². The highest BCUT2D eigenvalue weighted by molar-refractivity contribution is 5.92. The molecule has 4 nitrogen and oxygen atoms in total. The van der Waals surface area contributed by atoms with Gasteiger partial charge in [0.05, 0.1) is 13.2 Å². The maximum atomic E-state index is 11.4. The smallest absolute Gasteiger partial charge is 0.238 e. The van der Waals surface area contributed by atoms with E-state index < -0.39 is 0 Å². The molecule has 4 heteroatoms. The minimum absolute atomic E-state index is 0.0193. The molecule has 16 heavy (non-hydrogen) atoms. The topological polar surface area (TPSA) is 41.6 Å². The fourth-order valence-corrected chi connectivity index (χ4v) is 1.29. The van der Waals surface area contributed by atoms with Crippen LogP contribution in [-0.2, 0) is 4.79 Å². The minimum Gasteiger partial charge on any atom is -0.494 e. The van der Waals surface area contributed by atoms with Gasteiger partial charge in [-0.25, -0.2) is 0 Å². The van der Waals surface area contributed by atoms with Crippen molar-refractivity contribution in [2.45, 2.75) is 6.92 Å². The maximum Gasteiger partial charge on any atom is 0.238 e. The molecule has 0 spiro atoms. The predicted octanol–water partition coefficient (Wildman–Crippen LogP) is 1.59. The highest BCUT2D eigenvalue weighted by Gasteiger charge is 2.03. The van der Waals surface area contributed by atoms with Gasteiger partial charge in [0.15, 0.2) is 0 Å². The van der Waals surface area contributed by atoms with Crippen molar-refractivity contribution in [3.05, 3.63) is 24.3 Å². The van der Waals surface area contributed by atoms with E-state index in [1.807, 2.05) is 50.2 Å². The highest BCUT2D eigenvalue weighted by Crippen LogP contribution is 2.15. The number of nitrogens with one attached hydrogen (secondary N) is 1. The summed E-state index contributed by atoms with van der Waals surface area (Å²) in [6, 6.07) is 7.35. The molecule has 88 valence electrons. The summed E-state index contributed by atoms with van der Waals surface area (Å²) in [5.74, 6) is 0.794. The summed E-state index contributed by atoms with van der Waals surface area (Å²) in [5.41, 5.74) is 0.787. The quantitative estimate of drug-likeness (QED) is 0.822. The zero-order chi connectivity index (χ0) is 12.0. The summed E-state index contributed by atoms with van der Waals surface area (Å²) in [6.45, 7) is 2.96. The van der Waals surface area contributed by atoms with Crippen molar-refractivity contribution in [1.29, 1.82) is 0 Å². The number of carbonyl (C=O) groups excluding carboxylic acids is 1. The van der Waals surface area contributed by atoms with Gasteiger partial charge in [0, 0.05) is 5.69 Å². The first-order chi connectivity index (χ1) is 7.61. The average Bonchev–Trinajstić information content (AvgIpc) is 2.20. The molecule has 1 amide bonds. The highest BCUT2D eigenvalue weighted by atomic mass is 16.5. The second-order valence-corrected chi connectivity index (χ2v) is 3.74. The van der Waals surface area contributed by atoms with Crippen LogP contribution in [0.15, 0.2) is 24.3 Å². The predicted molar refractivity (Wildman–Crippen MR) is 64.8 cm³/mol. The first-order valence-corrected chi connectivity index (χ1v) is 5.29. The van der Waals surface area contributed by atoms with E-state index in [0.717, 1.165) is 11.4 Å². The summed E-state index contributed by atoms with van der Waals surface area (Å²) in [4.78, 5) is 13.3. The second kappa shape index (κ2) is 6.12. The summed E-state index contributed by atoms with van der Waals surface area (Å²) >= 11 is 0. The lowest BCUT2D eigenvalue weighted by molar-refractivity contribution is -0.116. The number of hydrogen-bond donors (Lipinski definition) is 1. The van der Waals surface area contributed by atoms with Gasteiger partial charge in [-0.05, 0) is 45.3 Å². The molecular weight excluding hydrogens is 204 g/mol. The van der Waals surface area contributed by atoms with Crippen LogP contribution in [0.25, 0.3) is 0 Å². The van der Waals surface area contributed by atoms with E-state index in [1.165, 1.54) is 0 Å². The normalized spacial score (nSPS) is 10.2. The van der Waals surface area contributed by atoms with Crippen molar-refractivity contribution in [3.8, 4) is 5.75 Å². The molecule has 1 N–H and O–H groups in total. The molecule has 1 rings (SSSR count). The molecule has 0 atom stereocenters. The summed E-state index contributed by atoms with van der Waals surface area (Å²) in [5, 5.41) is 2.81. The first kappa shape index (κ1) is 12.5. The van der Waals surface area contributed by atoms with E-state index in [0.29, 0.717) is 13.2 Å². The van der Waals surface area contributed by atoms with E-state index >= 15 is 0 Å². The zero-order valence-corrected chi connectivity index (χ0v) is 9.99. The Morgan fingerprint density at radius 1 is 1.31 bits per heavy atom. The van der Waals surface area contributed by atoms with Crippen molar-refractivity contribution in [2.75, 3.05) is 32.6 Å². The standard InChI is InChI=1S/C12H18N2O2/c1-4-16-11-7-5-10(6-8-11)13-12(15)9-14(2)3/h5-8H,4,9H2,1-3H3,(H,13,15). The van der Waals surface area contributed by atoms with Crippen LogP contribution in [-0.4, -0.2) is 38.1 Å². The van der Waals surface area contributed by atoms with E-state index in [-0.39, 0.29) is 5.91 Å². The van der Waals surface area contributed by atoms with Crippen LogP contribution in [0.5, 0.6) is 5.75 Å². The monoisotopic (exact) mass is 222 g/mol. The Bertz CT molecular complexity index is 333. The average molecular weight is 222 g/mol. The van der Waals surface area contributed by atoms with Crippen molar-refractivity contribution in [1.82, 2.24) is 4.90 Å². The Kier molecular flexibility index (Phi) is 4.79. The molecule has 0 fully saturated rings. The van der Waals surface area contributed by atoms with Crippen LogP contribution >= 0.6 is 0 Å². The molecule has 0 aliphatic heterocycles. The molecule has 0 unspecified atom stereocenters. The van der Waals surface area contributed by atoms with Gasteiger partial charge in [-0.3, -0.25) is 4.79 Å². The van der Waals surface area contributed by atoms with Gasteiger partial charge in [-0.1, -0.05) is 0 Å². The zero-order valence-electron chi connectivity index (χ0n) is 9.99. The maximum absolute atomic E-state index is 11.4. The molecule has 1 aromatic carbocycles. The van der Waals surface area contributed by atoms with Gasteiger partial charge < -0.3 is 15.0 Å². The lowest BCUT2D eigenvalue weighted by Gasteiger charge is -2.10. The lowest BCUT2D eigenvalue weighted by atomic mass is 10.3. The van der Waals surface area contributed by atoms with Gasteiger partial charge in [0.1, 0.15) is 5.75 Å². The Labute approximate surface area is 96.2 Å². The van der Waals surface area contributed by atoms with Crippen LogP contribution in [0.3, 0.4) is 0 Å². The minimum atomic E-state index is -0.0193. The lowest BCUT2D eigenvalue weighted by Crippen LogP contribution is -2.27. The van der Waals surface area contributed by atoms with Crippen LogP contribution in [0.1, 0.15) is 6.92 Å². The Balaban J connectivity index is 2.51. The molecular formula is C12H18N2O2. The van der Waals surface area contributed by atoms with Gasteiger partial charge in [-0.15, -0.1) is 0 Å². The molecule has 0 aromatic heterocycles. The molecule has 0 aliphatic carbocycles. The molecule has 1 aromatic rings. The van der Waals surface area contributed by atoms with E-state index in [9.17, 15) is 4.79 Å². The van der Waals surface area contributed by atoms with Crippen molar-refractivity contribution < 1.29 is 9.53 Å². The third-order valence-corrected chi connectivity index (χ3v) is 1.91. The first-order valence-electron chi connectivity index (χ1n) is 5.29. The van der Waals surface area contributed by atoms with E-state index in [1.54, 1.807) is 0 Å². The molecule has 0 saturated carbocycles. The Morgan fingerprint density at radius 2 is 1.94 bits per heavy atom. The van der Waals surface area contributed by atoms with E-state index in [4.69, 9.17) is 4.74 Å². The third kappa shape index (κ3) is 4.31. The number of ether oxygens (including phenoxy) is 1. The van der Waals surface area contributed by atoms with Crippen LogP contribution in [0.2, 0.25) is 0 Å². The Morgan fingerprint density at radius 3 is 2.44 bits per heavy atom. The molecule has 0 radical (unpaired) electrons.